The van der Waals surface area contributed by atoms with E-state index in [1.165, 1.54) is 32.1 Å². The van der Waals surface area contributed by atoms with Crippen LogP contribution in [0.1, 0.15) is 52.4 Å². The molecule has 4 unspecified atom stereocenters. The second kappa shape index (κ2) is 5.73. The molecule has 0 aromatic carbocycles. The van der Waals surface area contributed by atoms with E-state index in [1.807, 2.05) is 6.92 Å². The van der Waals surface area contributed by atoms with Crippen molar-refractivity contribution < 1.29 is 0 Å². The number of nitrogens with one attached hydrogen (secondary N) is 1. The lowest BCUT2D eigenvalue weighted by atomic mass is 9.81. The van der Waals surface area contributed by atoms with Gasteiger partial charge >= 0.3 is 0 Å². The summed E-state index contributed by atoms with van der Waals surface area (Å²) in [5.74, 6) is 9.28. The lowest BCUT2D eigenvalue weighted by molar-refractivity contribution is 0.242. The van der Waals surface area contributed by atoms with Gasteiger partial charge in [-0.3, -0.25) is 0 Å². The molecule has 2 aliphatic rings. The molecule has 4 atom stereocenters. The van der Waals surface area contributed by atoms with Crippen molar-refractivity contribution in [3.05, 3.63) is 0 Å². The predicted octanol–water partition coefficient (Wildman–Crippen LogP) is 3.20. The van der Waals surface area contributed by atoms with Gasteiger partial charge in [0, 0.05) is 12.5 Å². The van der Waals surface area contributed by atoms with Gasteiger partial charge in [0.2, 0.25) is 0 Å². The first-order valence-electron chi connectivity index (χ1n) is 6.98. The fourth-order valence-electron chi connectivity index (χ4n) is 3.87. The minimum Gasteiger partial charge on any atom is -0.314 e. The summed E-state index contributed by atoms with van der Waals surface area (Å²) in [4.78, 5) is 0. The summed E-state index contributed by atoms with van der Waals surface area (Å²) >= 11 is 0. The fraction of sp³-hybridized carbons (Fsp3) is 0.867. The summed E-state index contributed by atoms with van der Waals surface area (Å²) in [6, 6.07) is 0.737. The van der Waals surface area contributed by atoms with E-state index in [-0.39, 0.29) is 0 Å². The molecule has 2 saturated carbocycles. The van der Waals surface area contributed by atoms with E-state index >= 15 is 0 Å². The van der Waals surface area contributed by atoms with Gasteiger partial charge in [0.15, 0.2) is 0 Å². The largest absolute Gasteiger partial charge is 0.314 e. The van der Waals surface area contributed by atoms with Gasteiger partial charge in [0.1, 0.15) is 0 Å². The zero-order valence-electron chi connectivity index (χ0n) is 10.8. The summed E-state index contributed by atoms with van der Waals surface area (Å²) in [7, 11) is 0. The second-order valence-corrected chi connectivity index (χ2v) is 5.47. The summed E-state index contributed by atoms with van der Waals surface area (Å²) in [6.07, 6.45) is 8.34. The average Bonchev–Trinajstić information content (AvgIpc) is 2.90. The molecule has 0 aliphatic heterocycles. The molecule has 0 saturated heterocycles. The van der Waals surface area contributed by atoms with E-state index in [0.717, 1.165) is 36.8 Å². The van der Waals surface area contributed by atoms with Crippen LogP contribution < -0.4 is 5.32 Å². The smallest absolute Gasteiger partial charge is 0.0107 e. The molecule has 0 aromatic rings. The highest BCUT2D eigenvalue weighted by molar-refractivity contribution is 4.99. The second-order valence-electron chi connectivity index (χ2n) is 5.47. The third-order valence-corrected chi connectivity index (χ3v) is 4.53. The van der Waals surface area contributed by atoms with E-state index in [2.05, 4.69) is 24.1 Å². The summed E-state index contributed by atoms with van der Waals surface area (Å²) in [5.41, 5.74) is 0. The monoisotopic (exact) mass is 219 g/mol. The van der Waals surface area contributed by atoms with Crippen molar-refractivity contribution in [2.75, 3.05) is 6.54 Å². The Morgan fingerprint density at radius 3 is 2.75 bits per heavy atom. The highest BCUT2D eigenvalue weighted by Gasteiger charge is 2.42. The normalized spacial score (nSPS) is 33.5. The van der Waals surface area contributed by atoms with Crippen LogP contribution >= 0.6 is 0 Å². The molecular formula is C15H25N. The van der Waals surface area contributed by atoms with Crippen LogP contribution in [0.3, 0.4) is 0 Å². The molecule has 1 nitrogen and oxygen atoms in total. The van der Waals surface area contributed by atoms with Crippen LogP contribution in [0.2, 0.25) is 0 Å². The maximum atomic E-state index is 3.70. The van der Waals surface area contributed by atoms with Crippen molar-refractivity contribution in [1.82, 2.24) is 5.32 Å². The van der Waals surface area contributed by atoms with Gasteiger partial charge in [-0.05, 0) is 56.9 Å². The van der Waals surface area contributed by atoms with Crippen LogP contribution in [0.5, 0.6) is 0 Å². The van der Waals surface area contributed by atoms with Crippen molar-refractivity contribution in [3.63, 3.8) is 0 Å². The van der Waals surface area contributed by atoms with Crippen molar-refractivity contribution in [3.8, 4) is 11.8 Å². The van der Waals surface area contributed by atoms with Crippen molar-refractivity contribution in [2.45, 2.75) is 58.4 Å². The Kier molecular flexibility index (Phi) is 4.29. The quantitative estimate of drug-likeness (QED) is 0.700. The van der Waals surface area contributed by atoms with Gasteiger partial charge in [-0.2, -0.15) is 0 Å². The lowest BCUT2D eigenvalue weighted by Gasteiger charge is -2.30. The molecular weight excluding hydrogens is 194 g/mol. The fourth-order valence-corrected chi connectivity index (χ4v) is 3.87. The standard InChI is InChI=1S/C15H25N/c1-3-5-6-7-15(16-4-2)14-11-12-8-9-13(14)10-12/h12-16H,4,6-11H2,1-2H3. The van der Waals surface area contributed by atoms with Crippen LogP contribution in [0.4, 0.5) is 0 Å². The molecule has 2 rings (SSSR count). The predicted molar refractivity (Wildman–Crippen MR) is 69.1 cm³/mol. The van der Waals surface area contributed by atoms with Crippen LogP contribution in [0.25, 0.3) is 0 Å². The Bertz CT molecular complexity index is 273. The first-order chi connectivity index (χ1) is 7.85. The Hall–Kier alpha value is -0.480. The number of hydrogen-bond acceptors (Lipinski definition) is 1. The third-order valence-electron chi connectivity index (χ3n) is 4.53. The maximum absolute atomic E-state index is 3.70. The molecule has 1 N–H and O–H groups in total. The van der Waals surface area contributed by atoms with Gasteiger partial charge in [-0.1, -0.05) is 13.3 Å². The van der Waals surface area contributed by atoms with E-state index in [0.29, 0.717) is 0 Å². The molecule has 2 bridgehead atoms. The van der Waals surface area contributed by atoms with Crippen LogP contribution in [0, 0.1) is 29.6 Å². The first-order valence-corrected chi connectivity index (χ1v) is 6.98. The first kappa shape index (κ1) is 12.0. The molecule has 0 spiro atoms. The third kappa shape index (κ3) is 2.61. The van der Waals surface area contributed by atoms with E-state index in [4.69, 9.17) is 0 Å². The molecule has 1 heteroatoms. The Balaban J connectivity index is 1.87. The molecule has 2 aliphatic carbocycles. The zero-order valence-corrected chi connectivity index (χ0v) is 10.8. The van der Waals surface area contributed by atoms with Crippen molar-refractivity contribution in [2.24, 2.45) is 17.8 Å². The van der Waals surface area contributed by atoms with E-state index in [1.54, 1.807) is 0 Å². The SMILES string of the molecule is CC#CCCC(NCC)C1CC2CCC1C2. The van der Waals surface area contributed by atoms with Gasteiger partial charge in [0.05, 0.1) is 0 Å². The molecule has 0 amide bonds. The highest BCUT2D eigenvalue weighted by Crippen LogP contribution is 2.50. The van der Waals surface area contributed by atoms with Crippen LogP contribution in [0.15, 0.2) is 0 Å². The highest BCUT2D eigenvalue weighted by atomic mass is 14.9. The van der Waals surface area contributed by atoms with Crippen LogP contribution in [-0.4, -0.2) is 12.6 Å². The van der Waals surface area contributed by atoms with Gasteiger partial charge < -0.3 is 5.32 Å². The number of fused-ring (bicyclic) bond motifs is 2. The van der Waals surface area contributed by atoms with Gasteiger partial charge in [-0.15, -0.1) is 11.8 Å². The Morgan fingerprint density at radius 2 is 2.19 bits per heavy atom. The number of hydrogen-bond donors (Lipinski definition) is 1. The van der Waals surface area contributed by atoms with Gasteiger partial charge in [-0.25, -0.2) is 0 Å². The summed E-state index contributed by atoms with van der Waals surface area (Å²) in [6.45, 7) is 5.28. The Morgan fingerprint density at radius 1 is 1.31 bits per heavy atom. The lowest BCUT2D eigenvalue weighted by Crippen LogP contribution is -2.38. The molecule has 2 fully saturated rings. The summed E-state index contributed by atoms with van der Waals surface area (Å²) in [5, 5.41) is 3.70. The number of rotatable bonds is 5. The van der Waals surface area contributed by atoms with E-state index < -0.39 is 0 Å². The van der Waals surface area contributed by atoms with Gasteiger partial charge in [0.25, 0.3) is 0 Å². The minimum absolute atomic E-state index is 0.737. The van der Waals surface area contributed by atoms with Crippen molar-refractivity contribution >= 4 is 0 Å². The minimum atomic E-state index is 0.737. The molecule has 16 heavy (non-hydrogen) atoms. The molecule has 0 aromatic heterocycles. The zero-order chi connectivity index (χ0) is 11.4. The molecule has 0 heterocycles. The van der Waals surface area contributed by atoms with Crippen LogP contribution in [-0.2, 0) is 0 Å². The molecule has 90 valence electrons. The van der Waals surface area contributed by atoms with E-state index in [9.17, 15) is 0 Å². The molecule has 0 radical (unpaired) electrons. The van der Waals surface area contributed by atoms with Crippen molar-refractivity contribution in [1.29, 1.82) is 0 Å². The average molecular weight is 219 g/mol. The Labute approximate surface area is 100 Å². The maximum Gasteiger partial charge on any atom is 0.0107 e. The topological polar surface area (TPSA) is 12.0 Å². The summed E-state index contributed by atoms with van der Waals surface area (Å²) < 4.78 is 0.